The molecule has 0 aliphatic carbocycles. The van der Waals surface area contributed by atoms with Crippen LogP contribution in [0.25, 0.3) is 0 Å². The molecule has 0 aromatic carbocycles. The van der Waals surface area contributed by atoms with E-state index in [0.717, 1.165) is 24.7 Å². The lowest BCUT2D eigenvalue weighted by atomic mass is 10.1. The molecule has 1 aliphatic heterocycles. The van der Waals surface area contributed by atoms with Crippen LogP contribution in [-0.2, 0) is 0 Å². The summed E-state index contributed by atoms with van der Waals surface area (Å²) in [5.74, 6) is 2.09. The van der Waals surface area contributed by atoms with E-state index >= 15 is 0 Å². The first-order valence-corrected chi connectivity index (χ1v) is 7.05. The van der Waals surface area contributed by atoms with Crippen molar-refractivity contribution in [3.8, 4) is 0 Å². The zero-order chi connectivity index (χ0) is 13.0. The molecule has 0 bridgehead atoms. The summed E-state index contributed by atoms with van der Waals surface area (Å²) in [5.41, 5.74) is 0.0599. The molecule has 18 heavy (non-hydrogen) atoms. The molecule has 1 N–H and O–H groups in total. The van der Waals surface area contributed by atoms with Crippen LogP contribution in [0, 0.1) is 0 Å². The molecule has 2 rings (SSSR count). The molecule has 1 aromatic rings. The Kier molecular flexibility index (Phi) is 4.10. The van der Waals surface area contributed by atoms with Crippen LogP contribution in [0.5, 0.6) is 0 Å². The monoisotopic (exact) mass is 247 g/mol. The summed E-state index contributed by atoms with van der Waals surface area (Å²) in [6.07, 6.45) is 5.30. The average molecular weight is 247 g/mol. The first-order chi connectivity index (χ1) is 8.54. The van der Waals surface area contributed by atoms with Crippen LogP contribution >= 0.6 is 0 Å². The Morgan fingerprint density at radius 3 is 2.33 bits per heavy atom. The Labute approximate surface area is 111 Å². The van der Waals surface area contributed by atoms with E-state index in [9.17, 15) is 0 Å². The number of nitrogens with zero attached hydrogens (tertiary/aromatic N) is 2. The molecule has 1 fully saturated rings. The molecular weight excluding hydrogens is 222 g/mol. The maximum Gasteiger partial charge on any atom is 0.130 e. The van der Waals surface area contributed by atoms with Gasteiger partial charge >= 0.3 is 0 Å². The molecule has 0 saturated carbocycles. The summed E-state index contributed by atoms with van der Waals surface area (Å²) in [7, 11) is 0. The Bertz CT molecular complexity index is 374. The standard InChI is InChI=1S/C15H25N3/c1-15(2,3)17-13-9-8-10-14(16-13)18-11-6-4-5-7-12-18/h8-10H,4-7,11-12H2,1-3H3,(H,16,17). The molecule has 0 amide bonds. The summed E-state index contributed by atoms with van der Waals surface area (Å²) < 4.78 is 0. The van der Waals surface area contributed by atoms with Gasteiger partial charge in [-0.2, -0.15) is 0 Å². The fraction of sp³-hybridized carbons (Fsp3) is 0.667. The fourth-order valence-electron chi connectivity index (χ4n) is 2.35. The Morgan fingerprint density at radius 1 is 1.06 bits per heavy atom. The van der Waals surface area contributed by atoms with E-state index in [0.29, 0.717) is 0 Å². The Morgan fingerprint density at radius 2 is 1.72 bits per heavy atom. The third kappa shape index (κ3) is 3.90. The molecule has 0 radical (unpaired) electrons. The number of aromatic nitrogens is 1. The molecule has 0 atom stereocenters. The first kappa shape index (κ1) is 13.2. The normalized spacial score (nSPS) is 17.4. The molecule has 1 saturated heterocycles. The second-order valence-corrected chi connectivity index (χ2v) is 6.16. The molecule has 1 aliphatic rings. The average Bonchev–Trinajstić information content (AvgIpc) is 2.55. The van der Waals surface area contributed by atoms with Gasteiger partial charge in [-0.25, -0.2) is 4.98 Å². The summed E-state index contributed by atoms with van der Waals surface area (Å²) in [5, 5.41) is 3.44. The van der Waals surface area contributed by atoms with E-state index in [-0.39, 0.29) is 5.54 Å². The van der Waals surface area contributed by atoms with Crippen LogP contribution < -0.4 is 10.2 Å². The minimum absolute atomic E-state index is 0.0599. The van der Waals surface area contributed by atoms with E-state index in [1.165, 1.54) is 25.7 Å². The highest BCUT2D eigenvalue weighted by molar-refractivity contribution is 5.48. The summed E-state index contributed by atoms with van der Waals surface area (Å²) in [4.78, 5) is 7.16. The molecular formula is C15H25N3. The van der Waals surface area contributed by atoms with Gasteiger partial charge in [0.1, 0.15) is 11.6 Å². The second-order valence-electron chi connectivity index (χ2n) is 6.16. The van der Waals surface area contributed by atoms with E-state index in [1.807, 2.05) is 6.07 Å². The van der Waals surface area contributed by atoms with E-state index < -0.39 is 0 Å². The number of nitrogens with one attached hydrogen (secondary N) is 1. The number of pyridine rings is 1. The number of hydrogen-bond donors (Lipinski definition) is 1. The van der Waals surface area contributed by atoms with Crippen molar-refractivity contribution in [3.05, 3.63) is 18.2 Å². The zero-order valence-electron chi connectivity index (χ0n) is 11.9. The number of anilines is 2. The maximum atomic E-state index is 4.74. The van der Waals surface area contributed by atoms with Crippen LogP contribution in [0.4, 0.5) is 11.6 Å². The molecule has 0 spiro atoms. The summed E-state index contributed by atoms with van der Waals surface area (Å²) in [6.45, 7) is 8.77. The van der Waals surface area contributed by atoms with Gasteiger partial charge in [0, 0.05) is 18.6 Å². The third-order valence-corrected chi connectivity index (χ3v) is 3.17. The van der Waals surface area contributed by atoms with Gasteiger partial charge in [0.15, 0.2) is 0 Å². The predicted molar refractivity (Wildman–Crippen MR) is 78.3 cm³/mol. The highest BCUT2D eigenvalue weighted by Gasteiger charge is 2.13. The van der Waals surface area contributed by atoms with Crippen molar-refractivity contribution in [2.45, 2.75) is 52.0 Å². The lowest BCUT2D eigenvalue weighted by molar-refractivity contribution is 0.630. The summed E-state index contributed by atoms with van der Waals surface area (Å²) in [6, 6.07) is 6.27. The minimum atomic E-state index is 0.0599. The lowest BCUT2D eigenvalue weighted by Gasteiger charge is -2.25. The fourth-order valence-corrected chi connectivity index (χ4v) is 2.35. The van der Waals surface area contributed by atoms with Crippen LogP contribution in [0.3, 0.4) is 0 Å². The Balaban J connectivity index is 2.10. The van der Waals surface area contributed by atoms with Crippen LogP contribution in [0.2, 0.25) is 0 Å². The topological polar surface area (TPSA) is 28.2 Å². The second kappa shape index (κ2) is 5.59. The number of hydrogen-bond acceptors (Lipinski definition) is 3. The highest BCUT2D eigenvalue weighted by Crippen LogP contribution is 2.20. The van der Waals surface area contributed by atoms with Crippen molar-refractivity contribution in [2.24, 2.45) is 0 Å². The van der Waals surface area contributed by atoms with E-state index in [2.05, 4.69) is 43.1 Å². The van der Waals surface area contributed by atoms with Gasteiger partial charge in [0.2, 0.25) is 0 Å². The molecule has 3 nitrogen and oxygen atoms in total. The van der Waals surface area contributed by atoms with Crippen molar-refractivity contribution in [1.29, 1.82) is 0 Å². The first-order valence-electron chi connectivity index (χ1n) is 7.05. The van der Waals surface area contributed by atoms with Gasteiger partial charge in [0.25, 0.3) is 0 Å². The molecule has 0 unspecified atom stereocenters. The van der Waals surface area contributed by atoms with Gasteiger partial charge in [-0.3, -0.25) is 0 Å². The van der Waals surface area contributed by atoms with Crippen molar-refractivity contribution in [3.63, 3.8) is 0 Å². The SMILES string of the molecule is CC(C)(C)Nc1cccc(N2CCCCCC2)n1. The molecule has 3 heteroatoms. The van der Waals surface area contributed by atoms with Crippen molar-refractivity contribution in [1.82, 2.24) is 4.98 Å². The minimum Gasteiger partial charge on any atom is -0.365 e. The van der Waals surface area contributed by atoms with Gasteiger partial charge in [-0.1, -0.05) is 18.9 Å². The van der Waals surface area contributed by atoms with Gasteiger partial charge in [-0.15, -0.1) is 0 Å². The Hall–Kier alpha value is -1.25. The third-order valence-electron chi connectivity index (χ3n) is 3.17. The number of rotatable bonds is 2. The molecule has 2 heterocycles. The quantitative estimate of drug-likeness (QED) is 0.864. The van der Waals surface area contributed by atoms with Gasteiger partial charge < -0.3 is 10.2 Å². The predicted octanol–water partition coefficient (Wildman–Crippen LogP) is 3.67. The highest BCUT2D eigenvalue weighted by atomic mass is 15.2. The van der Waals surface area contributed by atoms with Gasteiger partial charge in [-0.05, 0) is 45.7 Å². The van der Waals surface area contributed by atoms with Crippen LogP contribution in [0.15, 0.2) is 18.2 Å². The smallest absolute Gasteiger partial charge is 0.130 e. The van der Waals surface area contributed by atoms with Crippen molar-refractivity contribution < 1.29 is 0 Å². The van der Waals surface area contributed by atoms with Gasteiger partial charge in [0.05, 0.1) is 0 Å². The van der Waals surface area contributed by atoms with Crippen molar-refractivity contribution >= 4 is 11.6 Å². The lowest BCUT2D eigenvalue weighted by Crippen LogP contribution is -2.28. The zero-order valence-corrected chi connectivity index (χ0v) is 11.9. The van der Waals surface area contributed by atoms with Crippen molar-refractivity contribution in [2.75, 3.05) is 23.3 Å². The molecule has 1 aromatic heterocycles. The van der Waals surface area contributed by atoms with Crippen LogP contribution in [-0.4, -0.2) is 23.6 Å². The summed E-state index contributed by atoms with van der Waals surface area (Å²) >= 11 is 0. The van der Waals surface area contributed by atoms with Crippen LogP contribution in [0.1, 0.15) is 46.5 Å². The van der Waals surface area contributed by atoms with E-state index in [1.54, 1.807) is 0 Å². The largest absolute Gasteiger partial charge is 0.365 e. The van der Waals surface area contributed by atoms with E-state index in [4.69, 9.17) is 4.98 Å². The molecule has 100 valence electrons. The maximum absolute atomic E-state index is 4.74.